The molecule has 0 bridgehead atoms. The topological polar surface area (TPSA) is 190 Å². The lowest BCUT2D eigenvalue weighted by Crippen LogP contribution is -2.54. The Labute approximate surface area is 416 Å². The van der Waals surface area contributed by atoms with Crippen molar-refractivity contribution in [2.24, 2.45) is 24.8 Å². The molecule has 2 saturated carbocycles. The quantitative estimate of drug-likeness (QED) is 0.131. The molecule has 1 unspecified atom stereocenters. The molecular formula is C52H73FN12O6. The van der Waals surface area contributed by atoms with Crippen LogP contribution >= 0.6 is 0 Å². The third kappa shape index (κ3) is 12.5. The van der Waals surface area contributed by atoms with E-state index in [1.807, 2.05) is 19.3 Å². The summed E-state index contributed by atoms with van der Waals surface area (Å²) in [6.07, 6.45) is 17.1. The third-order valence-corrected chi connectivity index (χ3v) is 16.2. The van der Waals surface area contributed by atoms with E-state index in [1.165, 1.54) is 12.3 Å². The van der Waals surface area contributed by atoms with E-state index in [2.05, 4.69) is 55.5 Å². The van der Waals surface area contributed by atoms with Crippen molar-refractivity contribution in [2.45, 2.75) is 115 Å². The largest absolute Gasteiger partial charge is 0.462 e. The number of aromatic nitrogens is 4. The highest BCUT2D eigenvalue weighted by Crippen LogP contribution is 2.35. The first-order valence-electron chi connectivity index (χ1n) is 26.5. The van der Waals surface area contributed by atoms with Crippen LogP contribution in [0.2, 0.25) is 0 Å². The summed E-state index contributed by atoms with van der Waals surface area (Å²) < 4.78 is 22.2. The number of amides is 4. The second-order valence-electron chi connectivity index (χ2n) is 20.7. The Balaban J connectivity index is 0.636. The number of piperidine rings is 2. The highest BCUT2D eigenvalue weighted by Gasteiger charge is 2.37. The average molecular weight is 981 g/mol. The average Bonchev–Trinajstić information content (AvgIpc) is 3.80. The van der Waals surface area contributed by atoms with Crippen molar-refractivity contribution in [3.05, 3.63) is 53.7 Å². The van der Waals surface area contributed by atoms with Gasteiger partial charge in [0.05, 0.1) is 30.1 Å². The van der Waals surface area contributed by atoms with Crippen LogP contribution in [0.3, 0.4) is 0 Å². The number of halogens is 1. The summed E-state index contributed by atoms with van der Waals surface area (Å²) in [7, 11) is 1.84. The molecular weight excluding hydrogens is 908 g/mol. The van der Waals surface area contributed by atoms with Crippen molar-refractivity contribution in [1.82, 2.24) is 44.7 Å². The summed E-state index contributed by atoms with van der Waals surface area (Å²) in [5, 5.41) is 13.2. The van der Waals surface area contributed by atoms with Crippen LogP contribution in [0.5, 0.6) is 0 Å². The summed E-state index contributed by atoms with van der Waals surface area (Å²) in [4.78, 5) is 84.4. The Hall–Kier alpha value is -5.69. The molecule has 1 aromatic carbocycles. The van der Waals surface area contributed by atoms with E-state index in [9.17, 15) is 24.0 Å². The lowest BCUT2D eigenvalue weighted by atomic mass is 9.80. The molecule has 19 heteroatoms. The number of hydrogen-bond acceptors (Lipinski definition) is 14. The Morgan fingerprint density at radius 3 is 2.14 bits per heavy atom. The maximum absolute atomic E-state index is 15.3. The van der Waals surface area contributed by atoms with Gasteiger partial charge < -0.3 is 30.1 Å². The second-order valence-corrected chi connectivity index (χ2v) is 20.7. The summed E-state index contributed by atoms with van der Waals surface area (Å²) in [5.74, 6) is 0.123. The first-order valence-corrected chi connectivity index (χ1v) is 26.5. The molecule has 3 aromatic rings. The number of rotatable bonds is 15. The summed E-state index contributed by atoms with van der Waals surface area (Å²) in [6.45, 7) is 11.2. The molecule has 6 heterocycles. The van der Waals surface area contributed by atoms with Crippen molar-refractivity contribution >= 4 is 52.7 Å². The van der Waals surface area contributed by atoms with Gasteiger partial charge in [-0.2, -0.15) is 10.1 Å². The Morgan fingerprint density at radius 2 is 1.51 bits per heavy atom. The summed E-state index contributed by atoms with van der Waals surface area (Å²) >= 11 is 0. The molecule has 9 rings (SSSR count). The zero-order valence-electron chi connectivity index (χ0n) is 41.7. The van der Waals surface area contributed by atoms with Crippen LogP contribution < -0.4 is 20.9 Å². The third-order valence-electron chi connectivity index (χ3n) is 16.2. The number of carbonyl (C=O) groups is 5. The van der Waals surface area contributed by atoms with Crippen LogP contribution in [0.4, 0.5) is 27.5 Å². The molecule has 18 nitrogen and oxygen atoms in total. The summed E-state index contributed by atoms with van der Waals surface area (Å²) in [5.41, 5.74) is 2.24. The lowest BCUT2D eigenvalue weighted by Gasteiger charge is -2.43. The molecule has 4 aliphatic heterocycles. The number of aryl methyl sites for hydroxylation is 1. The lowest BCUT2D eigenvalue weighted by molar-refractivity contribution is -0.143. The van der Waals surface area contributed by atoms with Gasteiger partial charge in [0.15, 0.2) is 0 Å². The van der Waals surface area contributed by atoms with Crippen LogP contribution in [0.15, 0.2) is 36.8 Å². The Bertz CT molecular complexity index is 2340. The molecule has 2 aromatic heterocycles. The van der Waals surface area contributed by atoms with Crippen molar-refractivity contribution in [3.8, 4) is 0 Å². The Kier molecular flexibility index (Phi) is 16.5. The van der Waals surface area contributed by atoms with Crippen molar-refractivity contribution < 1.29 is 33.1 Å². The molecule has 0 radical (unpaired) electrons. The number of piperazine rings is 2. The molecule has 3 N–H and O–H groups in total. The summed E-state index contributed by atoms with van der Waals surface area (Å²) in [6, 6.07) is 5.66. The van der Waals surface area contributed by atoms with Gasteiger partial charge in [-0.15, -0.1) is 0 Å². The fraction of sp³-hybridized carbons (Fsp3) is 0.654. The molecule has 6 aliphatic rings. The number of esters is 1. The predicted molar refractivity (Wildman–Crippen MR) is 266 cm³/mol. The molecule has 0 spiro atoms. The smallest absolute Gasteiger partial charge is 0.343 e. The molecule has 2 aliphatic carbocycles. The van der Waals surface area contributed by atoms with Crippen LogP contribution in [-0.2, 0) is 31.0 Å². The Morgan fingerprint density at radius 1 is 0.817 bits per heavy atom. The fourth-order valence-electron chi connectivity index (χ4n) is 12.0. The van der Waals surface area contributed by atoms with Gasteiger partial charge in [-0.1, -0.05) is 6.07 Å². The van der Waals surface area contributed by atoms with E-state index in [4.69, 9.17) is 4.74 Å². The molecule has 1 atom stereocenters. The zero-order chi connectivity index (χ0) is 49.4. The predicted octanol–water partition coefficient (Wildman–Crippen LogP) is 5.30. The first kappa shape index (κ1) is 50.3. The maximum Gasteiger partial charge on any atom is 0.343 e. The van der Waals surface area contributed by atoms with Gasteiger partial charge in [0.2, 0.25) is 29.6 Å². The van der Waals surface area contributed by atoms with Gasteiger partial charge in [-0.25, -0.2) is 14.2 Å². The number of benzene rings is 1. The SMILES string of the molecule is CCOC(=O)c1cnc(Nc2cnn(C)c2)nc1NC1CCC(N2CCN(C(=O)C3CCC(C(=O)N4CCC(CCCN5CCN(c6ccc(C7CCC(=O)NC7=O)cc6F)CC5)CC4)CC3)CC2)CC1. The minimum absolute atomic E-state index is 0.00165. The number of nitrogens with zero attached hydrogens (tertiary/aromatic N) is 9. The monoisotopic (exact) mass is 981 g/mol. The van der Waals surface area contributed by atoms with Crippen molar-refractivity contribution in [2.75, 3.05) is 94.1 Å². The van der Waals surface area contributed by atoms with E-state index >= 15 is 4.39 Å². The van der Waals surface area contributed by atoms with E-state index < -0.39 is 11.9 Å². The van der Waals surface area contributed by atoms with Crippen LogP contribution in [0, 0.1) is 23.6 Å². The molecule has 384 valence electrons. The van der Waals surface area contributed by atoms with Crippen molar-refractivity contribution in [1.29, 1.82) is 0 Å². The van der Waals surface area contributed by atoms with Gasteiger partial charge in [0.25, 0.3) is 0 Å². The second kappa shape index (κ2) is 23.2. The number of carbonyl (C=O) groups excluding carboxylic acids is 5. The van der Waals surface area contributed by atoms with Gasteiger partial charge in [0, 0.05) is 115 Å². The van der Waals surface area contributed by atoms with E-state index in [1.54, 1.807) is 23.9 Å². The van der Waals surface area contributed by atoms with Gasteiger partial charge in [-0.05, 0) is 121 Å². The van der Waals surface area contributed by atoms with E-state index in [0.29, 0.717) is 47.0 Å². The highest BCUT2D eigenvalue weighted by molar-refractivity contribution is 6.01. The first-order chi connectivity index (χ1) is 34.5. The van der Waals surface area contributed by atoms with Crippen LogP contribution in [0.1, 0.15) is 119 Å². The van der Waals surface area contributed by atoms with Gasteiger partial charge >= 0.3 is 5.97 Å². The number of imide groups is 1. The minimum Gasteiger partial charge on any atom is -0.462 e. The number of hydrogen-bond donors (Lipinski definition) is 3. The number of nitrogens with one attached hydrogen (secondary N) is 3. The number of ether oxygens (including phenoxy) is 1. The molecule has 6 fully saturated rings. The van der Waals surface area contributed by atoms with Crippen LogP contribution in [0.25, 0.3) is 0 Å². The number of likely N-dealkylation sites (tertiary alicyclic amines) is 1. The van der Waals surface area contributed by atoms with Crippen LogP contribution in [-0.4, -0.2) is 160 Å². The normalized spacial score (nSPS) is 25.2. The number of anilines is 4. The fourth-order valence-corrected chi connectivity index (χ4v) is 12.0. The van der Waals surface area contributed by atoms with Crippen molar-refractivity contribution in [3.63, 3.8) is 0 Å². The highest BCUT2D eigenvalue weighted by atomic mass is 19.1. The van der Waals surface area contributed by atoms with E-state index in [-0.39, 0.29) is 60.4 Å². The van der Waals surface area contributed by atoms with E-state index in [0.717, 1.165) is 155 Å². The maximum atomic E-state index is 15.3. The zero-order valence-corrected chi connectivity index (χ0v) is 41.7. The van der Waals surface area contributed by atoms with Gasteiger partial charge in [0.1, 0.15) is 17.2 Å². The molecule has 71 heavy (non-hydrogen) atoms. The molecule has 4 saturated heterocycles. The standard InChI is InChI=1S/C52H73FN12O6/c1-3-71-51(70)43-33-54-52(57-40-32-55-60(2)34-40)59-47(43)56-39-11-13-41(14-12-39)62-27-29-65(30-28-62)50(69)37-8-6-36(7-9-37)49(68)64-21-18-35(19-22-64)5-4-20-61-23-25-63(26-24-61)45-16-10-38(31-44(45)53)42-15-17-46(66)58-48(42)67/h10,16,31-37,39,41-42H,3-9,11-15,17-30H2,1-2H3,(H,58,66,67)(H2,54,56,57,59). The minimum atomic E-state index is -0.493. The van der Waals surface area contributed by atoms with Gasteiger partial charge in [-0.3, -0.25) is 39.0 Å². The molecule has 4 amide bonds.